The first-order valence-electron chi connectivity index (χ1n) is 11.7. The molecule has 1 saturated carbocycles. The Bertz CT molecular complexity index is 893. The maximum atomic E-state index is 13.5. The van der Waals surface area contributed by atoms with E-state index < -0.39 is 6.04 Å². The number of carbonyl (C=O) groups excluding carboxylic acids is 2. The van der Waals surface area contributed by atoms with Crippen LogP contribution in [0.1, 0.15) is 55.8 Å². The van der Waals surface area contributed by atoms with E-state index in [2.05, 4.69) is 10.7 Å². The first-order chi connectivity index (χ1) is 16.0. The summed E-state index contributed by atoms with van der Waals surface area (Å²) in [6, 6.07) is 13.7. The van der Waals surface area contributed by atoms with Gasteiger partial charge < -0.3 is 14.8 Å². The molecule has 1 atom stereocenters. The molecule has 7 nitrogen and oxygen atoms in total. The predicted molar refractivity (Wildman–Crippen MR) is 129 cm³/mol. The van der Waals surface area contributed by atoms with Crippen LogP contribution in [0.3, 0.4) is 0 Å². The van der Waals surface area contributed by atoms with Crippen LogP contribution >= 0.6 is 0 Å². The topological polar surface area (TPSA) is 79.9 Å². The largest absolute Gasteiger partial charge is 0.497 e. The quantitative estimate of drug-likeness (QED) is 0.512. The number of ether oxygens (including phenoxy) is 2. The van der Waals surface area contributed by atoms with Gasteiger partial charge in [0, 0.05) is 12.1 Å². The highest BCUT2D eigenvalue weighted by molar-refractivity contribution is 5.97. The maximum absolute atomic E-state index is 13.5. The van der Waals surface area contributed by atoms with Crippen LogP contribution in [0.4, 0.5) is 5.69 Å². The van der Waals surface area contributed by atoms with Crippen LogP contribution < -0.4 is 20.2 Å². The van der Waals surface area contributed by atoms with E-state index >= 15 is 0 Å². The lowest BCUT2D eigenvalue weighted by Gasteiger charge is -2.31. The number of anilines is 1. The zero-order chi connectivity index (χ0) is 23.6. The van der Waals surface area contributed by atoms with Crippen LogP contribution in [-0.2, 0) is 4.79 Å². The number of rotatable bonds is 10. The average Bonchev–Trinajstić information content (AvgIpc) is 2.87. The van der Waals surface area contributed by atoms with Crippen LogP contribution in [0.2, 0.25) is 0 Å². The van der Waals surface area contributed by atoms with Gasteiger partial charge in [0.15, 0.2) is 0 Å². The molecular weight excluding hydrogens is 418 g/mol. The summed E-state index contributed by atoms with van der Waals surface area (Å²) in [4.78, 5) is 26.5. The third-order valence-corrected chi connectivity index (χ3v) is 6.19. The van der Waals surface area contributed by atoms with E-state index in [1.54, 1.807) is 43.5 Å². The lowest BCUT2D eigenvalue weighted by Crippen LogP contribution is -2.51. The lowest BCUT2D eigenvalue weighted by molar-refractivity contribution is -0.132. The Morgan fingerprint density at radius 2 is 1.52 bits per heavy atom. The second kappa shape index (κ2) is 12.1. The molecule has 0 spiro atoms. The van der Waals surface area contributed by atoms with Gasteiger partial charge in [0.2, 0.25) is 0 Å². The third kappa shape index (κ3) is 6.88. The van der Waals surface area contributed by atoms with Gasteiger partial charge in [-0.15, -0.1) is 0 Å². The van der Waals surface area contributed by atoms with Crippen molar-refractivity contribution in [1.29, 1.82) is 0 Å². The zero-order valence-corrected chi connectivity index (χ0v) is 19.8. The van der Waals surface area contributed by atoms with Crippen molar-refractivity contribution in [1.82, 2.24) is 10.3 Å². The van der Waals surface area contributed by atoms with Gasteiger partial charge in [0.25, 0.3) is 11.8 Å². The van der Waals surface area contributed by atoms with Crippen molar-refractivity contribution in [3.8, 4) is 11.5 Å². The third-order valence-electron chi connectivity index (χ3n) is 6.19. The number of benzene rings is 2. The van der Waals surface area contributed by atoms with Crippen molar-refractivity contribution < 1.29 is 19.1 Å². The first-order valence-corrected chi connectivity index (χ1v) is 11.7. The molecule has 2 amide bonds. The monoisotopic (exact) mass is 453 g/mol. The number of nitrogens with zero attached hydrogens (tertiary/aromatic N) is 1. The first kappa shape index (κ1) is 24.4. The Hall–Kier alpha value is -3.22. The summed E-state index contributed by atoms with van der Waals surface area (Å²) >= 11 is 0. The van der Waals surface area contributed by atoms with Crippen molar-refractivity contribution >= 4 is 17.5 Å². The Morgan fingerprint density at radius 3 is 2.06 bits per heavy atom. The number of hydrazine groups is 1. The summed E-state index contributed by atoms with van der Waals surface area (Å²) in [5, 5.41) is 4.58. The van der Waals surface area contributed by atoms with E-state index in [1.165, 1.54) is 19.3 Å². The number of carbonyl (C=O) groups is 2. The smallest absolute Gasteiger partial charge is 0.263 e. The second-order valence-corrected chi connectivity index (χ2v) is 8.42. The fraction of sp³-hybridized carbons (Fsp3) is 0.462. The van der Waals surface area contributed by atoms with Crippen molar-refractivity contribution in [2.24, 2.45) is 5.92 Å². The molecule has 7 heteroatoms. The molecule has 178 valence electrons. The lowest BCUT2D eigenvalue weighted by atomic mass is 9.84. The molecule has 1 aliphatic carbocycles. The zero-order valence-electron chi connectivity index (χ0n) is 19.8. The predicted octanol–water partition coefficient (Wildman–Crippen LogP) is 4.65. The molecule has 0 aromatic heterocycles. The van der Waals surface area contributed by atoms with Gasteiger partial charge in [0.05, 0.1) is 19.9 Å². The SMILES string of the molecule is CCN(Nc1ccc(OC)cc1)C(=O)C(CC1CCCCC1)NC(=O)c1ccc(OC)cc1. The van der Waals surface area contributed by atoms with E-state index in [0.717, 1.165) is 24.3 Å². The Morgan fingerprint density at radius 1 is 0.939 bits per heavy atom. The summed E-state index contributed by atoms with van der Waals surface area (Å²) < 4.78 is 10.4. The number of likely N-dealkylation sites (N-methyl/N-ethyl adjacent to an activating group) is 1. The summed E-state index contributed by atoms with van der Waals surface area (Å²) in [5.41, 5.74) is 4.47. The Balaban J connectivity index is 1.74. The highest BCUT2D eigenvalue weighted by Crippen LogP contribution is 2.28. The molecule has 2 N–H and O–H groups in total. The molecule has 0 radical (unpaired) electrons. The van der Waals surface area contributed by atoms with E-state index in [-0.39, 0.29) is 11.8 Å². The minimum absolute atomic E-state index is 0.138. The standard InChI is InChI=1S/C26H35N3O4/c1-4-29(28-21-12-16-23(33-3)17-13-21)26(31)24(18-19-8-6-5-7-9-19)27-25(30)20-10-14-22(32-2)15-11-20/h10-17,19,24,28H,4-9,18H2,1-3H3,(H,27,30). The molecule has 3 rings (SSSR count). The number of hydrogen-bond donors (Lipinski definition) is 2. The molecule has 0 saturated heterocycles. The molecule has 1 unspecified atom stereocenters. The van der Waals surface area contributed by atoms with Crippen LogP contribution in [0, 0.1) is 5.92 Å². The van der Waals surface area contributed by atoms with Gasteiger partial charge in [-0.1, -0.05) is 32.1 Å². The van der Waals surface area contributed by atoms with Gasteiger partial charge in [0.1, 0.15) is 17.5 Å². The minimum atomic E-state index is -0.603. The van der Waals surface area contributed by atoms with Gasteiger partial charge in [-0.2, -0.15) is 0 Å². The van der Waals surface area contributed by atoms with Crippen LogP contribution in [0.25, 0.3) is 0 Å². The maximum Gasteiger partial charge on any atom is 0.263 e. The number of hydrogen-bond acceptors (Lipinski definition) is 5. The molecule has 0 heterocycles. The molecule has 1 aliphatic rings. The van der Waals surface area contributed by atoms with Crippen molar-refractivity contribution in [3.05, 3.63) is 54.1 Å². The normalized spacial score (nSPS) is 14.8. The summed E-state index contributed by atoms with van der Waals surface area (Å²) in [7, 11) is 3.20. The molecule has 0 aliphatic heterocycles. The number of nitrogens with one attached hydrogen (secondary N) is 2. The number of methoxy groups -OCH3 is 2. The number of amides is 2. The van der Waals surface area contributed by atoms with Crippen molar-refractivity contribution in [2.75, 3.05) is 26.2 Å². The van der Waals surface area contributed by atoms with Gasteiger partial charge in [-0.05, 0) is 67.8 Å². The molecule has 33 heavy (non-hydrogen) atoms. The van der Waals surface area contributed by atoms with E-state index in [4.69, 9.17) is 9.47 Å². The second-order valence-electron chi connectivity index (χ2n) is 8.42. The van der Waals surface area contributed by atoms with Crippen LogP contribution in [0.5, 0.6) is 11.5 Å². The summed E-state index contributed by atoms with van der Waals surface area (Å²) in [6.07, 6.45) is 6.44. The fourth-order valence-corrected chi connectivity index (χ4v) is 4.26. The van der Waals surface area contributed by atoms with Gasteiger partial charge in [-0.25, -0.2) is 0 Å². The fourth-order valence-electron chi connectivity index (χ4n) is 4.26. The minimum Gasteiger partial charge on any atom is -0.497 e. The van der Waals surface area contributed by atoms with Crippen molar-refractivity contribution in [3.63, 3.8) is 0 Å². The highest BCUT2D eigenvalue weighted by atomic mass is 16.5. The molecule has 2 aromatic carbocycles. The van der Waals surface area contributed by atoms with E-state index in [9.17, 15) is 9.59 Å². The van der Waals surface area contributed by atoms with E-state index in [0.29, 0.717) is 30.2 Å². The molecule has 1 fully saturated rings. The Kier molecular flexibility index (Phi) is 8.98. The molecular formula is C26H35N3O4. The van der Waals surface area contributed by atoms with Crippen LogP contribution in [0.15, 0.2) is 48.5 Å². The van der Waals surface area contributed by atoms with E-state index in [1.807, 2.05) is 31.2 Å². The van der Waals surface area contributed by atoms with Gasteiger partial charge >= 0.3 is 0 Å². The molecule has 2 aromatic rings. The molecule has 0 bridgehead atoms. The Labute approximate surface area is 196 Å². The summed E-state index contributed by atoms with van der Waals surface area (Å²) in [5.74, 6) is 1.47. The average molecular weight is 454 g/mol. The highest BCUT2D eigenvalue weighted by Gasteiger charge is 2.29. The van der Waals surface area contributed by atoms with Crippen LogP contribution in [-0.4, -0.2) is 43.6 Å². The van der Waals surface area contributed by atoms with Gasteiger partial charge in [-0.3, -0.25) is 20.0 Å². The summed E-state index contributed by atoms with van der Waals surface area (Å²) in [6.45, 7) is 2.38. The van der Waals surface area contributed by atoms with Crippen molar-refractivity contribution in [2.45, 2.75) is 51.5 Å².